The Bertz CT molecular complexity index is 588. The first-order valence-electron chi connectivity index (χ1n) is 7.84. The SMILES string of the molecule is O=C(CN1CCCOC1=O)N1CCN(c2ccccc2F)CC1. The Balaban J connectivity index is 1.53. The average molecular weight is 321 g/mol. The number of halogens is 1. The van der Waals surface area contributed by atoms with E-state index in [1.807, 2.05) is 4.90 Å². The van der Waals surface area contributed by atoms with E-state index < -0.39 is 6.09 Å². The third-order valence-corrected chi connectivity index (χ3v) is 4.21. The number of hydrogen-bond acceptors (Lipinski definition) is 4. The number of cyclic esters (lactones) is 1. The van der Waals surface area contributed by atoms with Gasteiger partial charge in [-0.2, -0.15) is 0 Å². The van der Waals surface area contributed by atoms with Crippen LogP contribution in [0.4, 0.5) is 14.9 Å². The number of carbonyl (C=O) groups excluding carboxylic acids is 2. The summed E-state index contributed by atoms with van der Waals surface area (Å²) in [6.07, 6.45) is 0.328. The van der Waals surface area contributed by atoms with Gasteiger partial charge in [-0.1, -0.05) is 12.1 Å². The summed E-state index contributed by atoms with van der Waals surface area (Å²) >= 11 is 0. The molecule has 0 radical (unpaired) electrons. The first-order chi connectivity index (χ1) is 11.1. The lowest BCUT2D eigenvalue weighted by molar-refractivity contribution is -0.132. The zero-order chi connectivity index (χ0) is 16.2. The molecule has 124 valence electrons. The molecule has 0 saturated carbocycles. The highest BCUT2D eigenvalue weighted by molar-refractivity contribution is 5.82. The molecular weight excluding hydrogens is 301 g/mol. The van der Waals surface area contributed by atoms with Crippen molar-refractivity contribution in [3.05, 3.63) is 30.1 Å². The second-order valence-electron chi connectivity index (χ2n) is 5.71. The minimum Gasteiger partial charge on any atom is -0.449 e. The number of nitrogens with zero attached hydrogens (tertiary/aromatic N) is 3. The molecule has 0 aliphatic carbocycles. The maximum atomic E-state index is 13.8. The van der Waals surface area contributed by atoms with Crippen LogP contribution in [0.5, 0.6) is 0 Å². The van der Waals surface area contributed by atoms with Gasteiger partial charge in [0.25, 0.3) is 0 Å². The van der Waals surface area contributed by atoms with Crippen LogP contribution < -0.4 is 4.90 Å². The number of piperazine rings is 1. The predicted octanol–water partition coefficient (Wildman–Crippen LogP) is 1.32. The molecular formula is C16H20FN3O3. The lowest BCUT2D eigenvalue weighted by atomic mass is 10.2. The third-order valence-electron chi connectivity index (χ3n) is 4.21. The highest BCUT2D eigenvalue weighted by Gasteiger charge is 2.27. The Morgan fingerprint density at radius 2 is 1.87 bits per heavy atom. The molecule has 1 aromatic rings. The van der Waals surface area contributed by atoms with Crippen molar-refractivity contribution in [2.75, 3.05) is 50.8 Å². The van der Waals surface area contributed by atoms with Crippen molar-refractivity contribution >= 4 is 17.7 Å². The molecule has 0 N–H and O–H groups in total. The van der Waals surface area contributed by atoms with Crippen LogP contribution in [-0.4, -0.2) is 67.7 Å². The summed E-state index contributed by atoms with van der Waals surface area (Å²) < 4.78 is 18.7. The lowest BCUT2D eigenvalue weighted by Gasteiger charge is -2.37. The highest BCUT2D eigenvalue weighted by Crippen LogP contribution is 2.20. The fourth-order valence-electron chi connectivity index (χ4n) is 2.91. The number of hydrogen-bond donors (Lipinski definition) is 0. The third kappa shape index (κ3) is 3.55. The average Bonchev–Trinajstić information content (AvgIpc) is 2.57. The maximum absolute atomic E-state index is 13.8. The van der Waals surface area contributed by atoms with Gasteiger partial charge in [0.1, 0.15) is 12.4 Å². The Morgan fingerprint density at radius 3 is 2.57 bits per heavy atom. The molecule has 0 atom stereocenters. The van der Waals surface area contributed by atoms with Gasteiger partial charge in [-0.3, -0.25) is 9.69 Å². The van der Waals surface area contributed by atoms with Crippen molar-refractivity contribution in [1.82, 2.24) is 9.80 Å². The van der Waals surface area contributed by atoms with Gasteiger partial charge in [-0.05, 0) is 18.6 Å². The van der Waals surface area contributed by atoms with E-state index in [2.05, 4.69) is 0 Å². The monoisotopic (exact) mass is 321 g/mol. The Labute approximate surface area is 134 Å². The van der Waals surface area contributed by atoms with Crippen molar-refractivity contribution in [2.24, 2.45) is 0 Å². The van der Waals surface area contributed by atoms with E-state index >= 15 is 0 Å². The number of para-hydroxylation sites is 1. The number of carbonyl (C=O) groups is 2. The van der Waals surface area contributed by atoms with Crippen LogP contribution in [0.15, 0.2) is 24.3 Å². The summed E-state index contributed by atoms with van der Waals surface area (Å²) in [5.41, 5.74) is 0.569. The Morgan fingerprint density at radius 1 is 1.13 bits per heavy atom. The largest absolute Gasteiger partial charge is 0.449 e. The second kappa shape index (κ2) is 6.85. The van der Waals surface area contributed by atoms with E-state index in [0.717, 1.165) is 6.42 Å². The first kappa shape index (κ1) is 15.6. The zero-order valence-corrected chi connectivity index (χ0v) is 12.9. The van der Waals surface area contributed by atoms with Crippen LogP contribution >= 0.6 is 0 Å². The summed E-state index contributed by atoms with van der Waals surface area (Å²) in [5.74, 6) is -0.333. The Hall–Kier alpha value is -2.31. The van der Waals surface area contributed by atoms with E-state index in [1.54, 1.807) is 23.1 Å². The fourth-order valence-corrected chi connectivity index (χ4v) is 2.91. The van der Waals surface area contributed by atoms with E-state index in [1.165, 1.54) is 11.0 Å². The molecule has 2 aliphatic heterocycles. The Kier molecular flexibility index (Phi) is 4.64. The van der Waals surface area contributed by atoms with Gasteiger partial charge in [0.15, 0.2) is 0 Å². The summed E-state index contributed by atoms with van der Waals surface area (Å²) in [6.45, 7) is 3.24. The predicted molar refractivity (Wildman–Crippen MR) is 82.7 cm³/mol. The number of benzene rings is 1. The fraction of sp³-hybridized carbons (Fsp3) is 0.500. The van der Waals surface area contributed by atoms with Crippen LogP contribution in [0, 0.1) is 5.82 Å². The normalized spacial score (nSPS) is 18.8. The van der Waals surface area contributed by atoms with Gasteiger partial charge < -0.3 is 14.5 Å². The van der Waals surface area contributed by atoms with Crippen molar-refractivity contribution in [3.8, 4) is 0 Å². The molecule has 23 heavy (non-hydrogen) atoms. The van der Waals surface area contributed by atoms with Crippen LogP contribution in [0.25, 0.3) is 0 Å². The van der Waals surface area contributed by atoms with Crippen LogP contribution in [0.1, 0.15) is 6.42 Å². The number of ether oxygens (including phenoxy) is 1. The lowest BCUT2D eigenvalue weighted by Crippen LogP contribution is -2.52. The maximum Gasteiger partial charge on any atom is 0.410 e. The summed E-state index contributed by atoms with van der Waals surface area (Å²) in [6, 6.07) is 6.65. The molecule has 2 saturated heterocycles. The second-order valence-corrected chi connectivity index (χ2v) is 5.71. The minimum absolute atomic E-state index is 0.0541. The van der Waals surface area contributed by atoms with Crippen LogP contribution in [-0.2, 0) is 9.53 Å². The molecule has 1 aromatic carbocycles. The molecule has 0 spiro atoms. The van der Waals surface area contributed by atoms with Gasteiger partial charge in [-0.25, -0.2) is 9.18 Å². The molecule has 2 aliphatic rings. The van der Waals surface area contributed by atoms with Gasteiger partial charge in [0.05, 0.1) is 12.3 Å². The van der Waals surface area contributed by atoms with Crippen molar-refractivity contribution in [3.63, 3.8) is 0 Å². The van der Waals surface area contributed by atoms with E-state index in [4.69, 9.17) is 4.74 Å². The first-order valence-corrected chi connectivity index (χ1v) is 7.84. The number of anilines is 1. The summed E-state index contributed by atoms with van der Waals surface area (Å²) in [7, 11) is 0. The van der Waals surface area contributed by atoms with Crippen molar-refractivity contribution in [1.29, 1.82) is 0 Å². The molecule has 7 heteroatoms. The molecule has 2 fully saturated rings. The van der Waals surface area contributed by atoms with Crippen molar-refractivity contribution in [2.45, 2.75) is 6.42 Å². The summed E-state index contributed by atoms with van der Waals surface area (Å²) in [5, 5.41) is 0. The highest BCUT2D eigenvalue weighted by atomic mass is 19.1. The topological polar surface area (TPSA) is 53.1 Å². The number of amides is 2. The standard InChI is InChI=1S/C16H20FN3O3/c17-13-4-1-2-5-14(13)18-7-9-19(10-8-18)15(21)12-20-6-3-11-23-16(20)22/h1-2,4-5H,3,6-12H2. The molecule has 0 bridgehead atoms. The quantitative estimate of drug-likeness (QED) is 0.842. The minimum atomic E-state index is -0.422. The van der Waals surface area contributed by atoms with Crippen LogP contribution in [0.2, 0.25) is 0 Å². The van der Waals surface area contributed by atoms with Gasteiger partial charge in [0, 0.05) is 32.7 Å². The smallest absolute Gasteiger partial charge is 0.410 e. The molecule has 3 rings (SSSR count). The van der Waals surface area contributed by atoms with E-state index in [9.17, 15) is 14.0 Å². The molecule has 2 amide bonds. The van der Waals surface area contributed by atoms with E-state index in [-0.39, 0.29) is 18.3 Å². The van der Waals surface area contributed by atoms with Crippen molar-refractivity contribution < 1.29 is 18.7 Å². The van der Waals surface area contributed by atoms with E-state index in [0.29, 0.717) is 45.0 Å². The van der Waals surface area contributed by atoms with Gasteiger partial charge in [-0.15, -0.1) is 0 Å². The zero-order valence-electron chi connectivity index (χ0n) is 12.9. The van der Waals surface area contributed by atoms with Gasteiger partial charge >= 0.3 is 6.09 Å². The molecule has 6 nitrogen and oxygen atoms in total. The molecule has 0 unspecified atom stereocenters. The molecule has 0 aromatic heterocycles. The van der Waals surface area contributed by atoms with Gasteiger partial charge in [0.2, 0.25) is 5.91 Å². The number of rotatable bonds is 3. The molecule has 2 heterocycles. The van der Waals surface area contributed by atoms with Crippen LogP contribution in [0.3, 0.4) is 0 Å². The summed E-state index contributed by atoms with van der Waals surface area (Å²) in [4.78, 5) is 29.0.